The molecule has 26 heavy (non-hydrogen) atoms. The van der Waals surface area contributed by atoms with Gasteiger partial charge in [0.15, 0.2) is 0 Å². The van der Waals surface area contributed by atoms with E-state index in [1.54, 1.807) is 0 Å². The Balaban J connectivity index is 1.46. The van der Waals surface area contributed by atoms with Crippen LogP contribution in [0.1, 0.15) is 40.7 Å². The van der Waals surface area contributed by atoms with Gasteiger partial charge in [0.2, 0.25) is 5.91 Å². The first-order valence-electron chi connectivity index (χ1n) is 9.02. The number of halogens is 1. The van der Waals surface area contributed by atoms with Gasteiger partial charge in [0.25, 0.3) is 5.91 Å². The van der Waals surface area contributed by atoms with E-state index in [9.17, 15) is 9.59 Å². The first kappa shape index (κ1) is 18.5. The summed E-state index contributed by atoms with van der Waals surface area (Å²) in [7, 11) is 0. The number of nitrogens with zero attached hydrogens (tertiary/aromatic N) is 1. The van der Waals surface area contributed by atoms with Crippen molar-refractivity contribution < 1.29 is 9.59 Å². The lowest BCUT2D eigenvalue weighted by molar-refractivity contribution is -0.121. The number of benzene rings is 2. The molecular formula is C21H23ClN2O2. The zero-order valence-corrected chi connectivity index (χ0v) is 15.5. The Kier molecular flexibility index (Phi) is 6.29. The average Bonchev–Trinajstić information content (AvgIpc) is 3.20. The highest BCUT2D eigenvalue weighted by atomic mass is 35.5. The smallest absolute Gasteiger partial charge is 0.253 e. The van der Waals surface area contributed by atoms with Crippen molar-refractivity contribution in [1.29, 1.82) is 0 Å². The van der Waals surface area contributed by atoms with E-state index in [1.165, 1.54) is 0 Å². The van der Waals surface area contributed by atoms with Gasteiger partial charge in [-0.1, -0.05) is 41.9 Å². The van der Waals surface area contributed by atoms with Crippen molar-refractivity contribution in [3.63, 3.8) is 0 Å². The predicted octanol–water partition coefficient (Wildman–Crippen LogP) is 3.83. The van der Waals surface area contributed by atoms with Crippen LogP contribution in [-0.2, 0) is 17.8 Å². The lowest BCUT2D eigenvalue weighted by Gasteiger charge is -2.15. The molecule has 0 atom stereocenters. The van der Waals surface area contributed by atoms with Gasteiger partial charge in [-0.15, -0.1) is 0 Å². The molecule has 136 valence electrons. The molecule has 1 aliphatic heterocycles. The largest absolute Gasteiger partial charge is 0.352 e. The number of rotatable bonds is 6. The minimum Gasteiger partial charge on any atom is -0.352 e. The van der Waals surface area contributed by atoms with Crippen molar-refractivity contribution in [2.75, 3.05) is 13.1 Å². The summed E-state index contributed by atoms with van der Waals surface area (Å²) >= 11 is 6.11. The Morgan fingerprint density at radius 3 is 2.38 bits per heavy atom. The molecule has 5 heteroatoms. The molecule has 1 aliphatic rings. The van der Waals surface area contributed by atoms with Crippen molar-refractivity contribution in [3.8, 4) is 0 Å². The molecule has 2 aromatic rings. The number of hydrogen-bond donors (Lipinski definition) is 1. The fourth-order valence-electron chi connectivity index (χ4n) is 3.11. The van der Waals surface area contributed by atoms with Crippen LogP contribution in [0.2, 0.25) is 5.02 Å². The zero-order chi connectivity index (χ0) is 18.4. The fourth-order valence-corrected chi connectivity index (χ4v) is 3.34. The number of carbonyl (C=O) groups excluding carboxylic acids is 2. The van der Waals surface area contributed by atoms with Crippen LogP contribution in [0.15, 0.2) is 48.5 Å². The third kappa shape index (κ3) is 4.85. The Morgan fingerprint density at radius 2 is 1.69 bits per heavy atom. The van der Waals surface area contributed by atoms with Gasteiger partial charge in [-0.3, -0.25) is 9.59 Å². The SMILES string of the molecule is O=C(CCc1ccccc1Cl)NCc1ccc(C(=O)N2CCCC2)cc1. The van der Waals surface area contributed by atoms with Crippen LogP contribution in [-0.4, -0.2) is 29.8 Å². The van der Waals surface area contributed by atoms with E-state index in [4.69, 9.17) is 11.6 Å². The van der Waals surface area contributed by atoms with Gasteiger partial charge in [-0.2, -0.15) is 0 Å². The Hall–Kier alpha value is -2.33. The summed E-state index contributed by atoms with van der Waals surface area (Å²) in [4.78, 5) is 26.2. The molecule has 3 rings (SSSR count). The van der Waals surface area contributed by atoms with E-state index in [1.807, 2.05) is 53.4 Å². The molecule has 0 aromatic heterocycles. The van der Waals surface area contributed by atoms with Gasteiger partial charge >= 0.3 is 0 Å². The summed E-state index contributed by atoms with van der Waals surface area (Å²) in [5, 5.41) is 3.61. The van der Waals surface area contributed by atoms with Crippen LogP contribution < -0.4 is 5.32 Å². The van der Waals surface area contributed by atoms with Crippen LogP contribution in [0.25, 0.3) is 0 Å². The van der Waals surface area contributed by atoms with Crippen LogP contribution in [0.5, 0.6) is 0 Å². The zero-order valence-electron chi connectivity index (χ0n) is 14.7. The topological polar surface area (TPSA) is 49.4 Å². The lowest BCUT2D eigenvalue weighted by atomic mass is 10.1. The maximum atomic E-state index is 12.3. The maximum absolute atomic E-state index is 12.3. The summed E-state index contributed by atoms with van der Waals surface area (Å²) < 4.78 is 0. The Morgan fingerprint density at radius 1 is 1.00 bits per heavy atom. The summed E-state index contributed by atoms with van der Waals surface area (Å²) in [6.07, 6.45) is 3.19. The lowest BCUT2D eigenvalue weighted by Crippen LogP contribution is -2.27. The average molecular weight is 371 g/mol. The van der Waals surface area contributed by atoms with Gasteiger partial charge in [0.1, 0.15) is 0 Å². The van der Waals surface area contributed by atoms with E-state index in [0.717, 1.165) is 37.1 Å². The van der Waals surface area contributed by atoms with E-state index in [2.05, 4.69) is 5.32 Å². The highest BCUT2D eigenvalue weighted by Gasteiger charge is 2.19. The molecule has 0 saturated carbocycles. The van der Waals surface area contributed by atoms with Crippen LogP contribution in [0, 0.1) is 0 Å². The monoisotopic (exact) mass is 370 g/mol. The molecule has 0 aliphatic carbocycles. The fraction of sp³-hybridized carbons (Fsp3) is 0.333. The Bertz CT molecular complexity index is 768. The Labute approximate surface area is 159 Å². The minimum absolute atomic E-state index is 0.0119. The van der Waals surface area contributed by atoms with Crippen LogP contribution in [0.4, 0.5) is 0 Å². The number of amides is 2. The number of likely N-dealkylation sites (tertiary alicyclic amines) is 1. The molecule has 1 N–H and O–H groups in total. The predicted molar refractivity (Wildman–Crippen MR) is 103 cm³/mol. The second kappa shape index (κ2) is 8.86. The molecule has 1 fully saturated rings. The van der Waals surface area contributed by atoms with Crippen molar-refractivity contribution >= 4 is 23.4 Å². The summed E-state index contributed by atoms with van der Waals surface area (Å²) in [5.41, 5.74) is 2.67. The summed E-state index contributed by atoms with van der Waals surface area (Å²) in [6, 6.07) is 15.0. The normalized spacial score (nSPS) is 13.7. The summed E-state index contributed by atoms with van der Waals surface area (Å²) in [5.74, 6) is 0.0833. The molecule has 0 radical (unpaired) electrons. The van der Waals surface area contributed by atoms with E-state index in [0.29, 0.717) is 30.0 Å². The number of carbonyl (C=O) groups is 2. The summed E-state index contributed by atoms with van der Waals surface area (Å²) in [6.45, 7) is 2.16. The van der Waals surface area contributed by atoms with Gasteiger partial charge in [-0.05, 0) is 48.6 Å². The molecular weight excluding hydrogens is 348 g/mol. The van der Waals surface area contributed by atoms with Gasteiger partial charge in [0.05, 0.1) is 0 Å². The van der Waals surface area contributed by atoms with Crippen molar-refractivity contribution in [2.45, 2.75) is 32.2 Å². The molecule has 1 heterocycles. The third-order valence-corrected chi connectivity index (χ3v) is 5.03. The maximum Gasteiger partial charge on any atom is 0.253 e. The molecule has 2 amide bonds. The van der Waals surface area contributed by atoms with E-state index in [-0.39, 0.29) is 11.8 Å². The second-order valence-corrected chi connectivity index (χ2v) is 6.97. The highest BCUT2D eigenvalue weighted by Crippen LogP contribution is 2.16. The number of aryl methyl sites for hydroxylation is 1. The molecule has 2 aromatic carbocycles. The van der Waals surface area contributed by atoms with E-state index < -0.39 is 0 Å². The van der Waals surface area contributed by atoms with E-state index >= 15 is 0 Å². The molecule has 1 saturated heterocycles. The first-order chi connectivity index (χ1) is 12.6. The van der Waals surface area contributed by atoms with Crippen molar-refractivity contribution in [1.82, 2.24) is 10.2 Å². The van der Waals surface area contributed by atoms with Gasteiger partial charge in [-0.25, -0.2) is 0 Å². The van der Waals surface area contributed by atoms with Gasteiger partial charge < -0.3 is 10.2 Å². The standard InChI is InChI=1S/C21H23ClN2O2/c22-19-6-2-1-5-17(19)11-12-20(25)23-15-16-7-9-18(10-8-16)21(26)24-13-3-4-14-24/h1-2,5-10H,3-4,11-15H2,(H,23,25). The highest BCUT2D eigenvalue weighted by molar-refractivity contribution is 6.31. The van der Waals surface area contributed by atoms with Crippen LogP contribution in [0.3, 0.4) is 0 Å². The molecule has 0 spiro atoms. The van der Waals surface area contributed by atoms with Crippen molar-refractivity contribution in [2.24, 2.45) is 0 Å². The number of hydrogen-bond acceptors (Lipinski definition) is 2. The minimum atomic E-state index is -0.0119. The van der Waals surface area contributed by atoms with Crippen molar-refractivity contribution in [3.05, 3.63) is 70.2 Å². The van der Waals surface area contributed by atoms with Gasteiger partial charge in [0, 0.05) is 36.6 Å². The molecule has 0 unspecified atom stereocenters. The third-order valence-electron chi connectivity index (χ3n) is 4.66. The first-order valence-corrected chi connectivity index (χ1v) is 9.39. The molecule has 0 bridgehead atoms. The van der Waals surface area contributed by atoms with Crippen LogP contribution >= 0.6 is 11.6 Å². The quantitative estimate of drug-likeness (QED) is 0.840. The second-order valence-electron chi connectivity index (χ2n) is 6.56. The molecule has 4 nitrogen and oxygen atoms in total. The number of nitrogens with one attached hydrogen (secondary N) is 1.